The van der Waals surface area contributed by atoms with Crippen molar-refractivity contribution in [2.45, 2.75) is 20.0 Å². The van der Waals surface area contributed by atoms with Gasteiger partial charge >= 0.3 is 5.97 Å². The van der Waals surface area contributed by atoms with Crippen molar-refractivity contribution in [1.29, 1.82) is 0 Å². The second kappa shape index (κ2) is 7.48. The van der Waals surface area contributed by atoms with Crippen LogP contribution in [0, 0.1) is 6.92 Å². The van der Waals surface area contributed by atoms with Gasteiger partial charge in [-0.05, 0) is 56.3 Å². The maximum atomic E-state index is 12.4. The Morgan fingerprint density at radius 2 is 1.79 bits per heavy atom. The molecule has 0 saturated carbocycles. The van der Waals surface area contributed by atoms with Gasteiger partial charge in [0.05, 0.1) is 11.3 Å². The van der Waals surface area contributed by atoms with Crippen LogP contribution in [-0.2, 0) is 4.74 Å². The van der Waals surface area contributed by atoms with Gasteiger partial charge in [-0.15, -0.1) is 10.2 Å². The van der Waals surface area contributed by atoms with E-state index in [0.717, 1.165) is 16.9 Å². The van der Waals surface area contributed by atoms with Gasteiger partial charge in [-0.3, -0.25) is 0 Å². The van der Waals surface area contributed by atoms with Crippen LogP contribution in [0.25, 0.3) is 17.1 Å². The molecule has 4 aromatic rings. The second-order valence-corrected chi connectivity index (χ2v) is 6.29. The van der Waals surface area contributed by atoms with Crippen LogP contribution in [0.1, 0.15) is 35.0 Å². The number of esters is 1. The molecule has 0 fully saturated rings. The molecule has 2 heterocycles. The van der Waals surface area contributed by atoms with Gasteiger partial charge in [-0.2, -0.15) is 5.10 Å². The monoisotopic (exact) mass is 374 g/mol. The number of carbonyl (C=O) groups excluding carboxylic acids is 1. The number of carbonyl (C=O) groups is 1. The maximum Gasteiger partial charge on any atom is 0.338 e. The first kappa shape index (κ1) is 17.7. The molecule has 140 valence electrons. The molecule has 0 aliphatic heterocycles. The van der Waals surface area contributed by atoms with Crippen LogP contribution in [0.2, 0.25) is 0 Å². The summed E-state index contributed by atoms with van der Waals surface area (Å²) in [7, 11) is 0. The van der Waals surface area contributed by atoms with Gasteiger partial charge in [0, 0.05) is 17.5 Å². The highest BCUT2D eigenvalue weighted by Crippen LogP contribution is 2.23. The number of aromatic nitrogens is 4. The molecule has 0 amide bonds. The zero-order valence-corrected chi connectivity index (χ0v) is 15.4. The first-order chi connectivity index (χ1) is 13.6. The van der Waals surface area contributed by atoms with Crippen molar-refractivity contribution in [2.24, 2.45) is 0 Å². The van der Waals surface area contributed by atoms with Crippen molar-refractivity contribution in [3.63, 3.8) is 0 Å². The van der Waals surface area contributed by atoms with Gasteiger partial charge < -0.3 is 9.15 Å². The molecular weight excluding hydrogens is 356 g/mol. The number of hydrogen-bond donors (Lipinski definition) is 0. The molecule has 0 bridgehead atoms. The molecule has 4 rings (SSSR count). The average Bonchev–Trinajstić information content (AvgIpc) is 3.38. The lowest BCUT2D eigenvalue weighted by atomic mass is 10.2. The number of rotatable bonds is 5. The van der Waals surface area contributed by atoms with Crippen molar-refractivity contribution >= 4 is 5.97 Å². The fourth-order valence-corrected chi connectivity index (χ4v) is 2.75. The number of ether oxygens (including phenoxy) is 1. The summed E-state index contributed by atoms with van der Waals surface area (Å²) < 4.78 is 12.9. The molecule has 0 radical (unpaired) electrons. The topological polar surface area (TPSA) is 83.0 Å². The lowest BCUT2D eigenvalue weighted by Gasteiger charge is -2.10. The minimum atomic E-state index is -0.662. The van der Waals surface area contributed by atoms with E-state index in [1.54, 1.807) is 29.9 Å². The van der Waals surface area contributed by atoms with E-state index < -0.39 is 12.1 Å². The summed E-state index contributed by atoms with van der Waals surface area (Å²) in [6, 6.07) is 18.4. The third-order valence-corrected chi connectivity index (χ3v) is 4.27. The predicted molar refractivity (Wildman–Crippen MR) is 102 cm³/mol. The molecule has 0 spiro atoms. The van der Waals surface area contributed by atoms with E-state index in [1.165, 1.54) is 0 Å². The van der Waals surface area contributed by atoms with E-state index in [1.807, 2.05) is 55.5 Å². The first-order valence-electron chi connectivity index (χ1n) is 8.82. The van der Waals surface area contributed by atoms with Crippen molar-refractivity contribution in [2.75, 3.05) is 0 Å². The van der Waals surface area contributed by atoms with Gasteiger partial charge in [-0.1, -0.05) is 18.2 Å². The molecule has 1 atom stereocenters. The quantitative estimate of drug-likeness (QED) is 0.488. The number of hydrogen-bond acceptors (Lipinski definition) is 6. The summed E-state index contributed by atoms with van der Waals surface area (Å²) in [6.07, 6.45) is 1.07. The highest BCUT2D eigenvalue weighted by atomic mass is 16.6. The van der Waals surface area contributed by atoms with E-state index in [0.29, 0.717) is 11.5 Å². The summed E-state index contributed by atoms with van der Waals surface area (Å²) in [5.74, 6) is 0.170. The molecule has 2 aromatic carbocycles. The highest BCUT2D eigenvalue weighted by molar-refractivity contribution is 5.89. The Balaban J connectivity index is 1.45. The summed E-state index contributed by atoms with van der Waals surface area (Å²) in [5, 5.41) is 12.3. The van der Waals surface area contributed by atoms with Gasteiger partial charge in [0.25, 0.3) is 5.89 Å². The standard InChI is InChI=1S/C21H18N4O3/c1-14-12-13-22-25(14)18-10-8-17(9-11-18)21(26)27-15(2)19-23-24-20(28-19)16-6-4-3-5-7-16/h3-13,15H,1-2H3. The third kappa shape index (κ3) is 3.55. The van der Waals surface area contributed by atoms with Gasteiger partial charge in [0.15, 0.2) is 6.10 Å². The summed E-state index contributed by atoms with van der Waals surface area (Å²) in [6.45, 7) is 3.66. The molecule has 28 heavy (non-hydrogen) atoms. The average molecular weight is 374 g/mol. The normalized spacial score (nSPS) is 11.9. The number of benzene rings is 2. The van der Waals surface area contributed by atoms with E-state index >= 15 is 0 Å². The fraction of sp³-hybridized carbons (Fsp3) is 0.143. The van der Waals surface area contributed by atoms with Crippen LogP contribution < -0.4 is 0 Å². The Bertz CT molecular complexity index is 1080. The van der Waals surface area contributed by atoms with Crippen LogP contribution in [0.5, 0.6) is 0 Å². The van der Waals surface area contributed by atoms with Crippen LogP contribution in [0.3, 0.4) is 0 Å². The van der Waals surface area contributed by atoms with Crippen LogP contribution >= 0.6 is 0 Å². The minimum absolute atomic E-state index is 0.246. The van der Waals surface area contributed by atoms with Gasteiger partial charge in [0.2, 0.25) is 5.89 Å². The zero-order chi connectivity index (χ0) is 19.5. The second-order valence-electron chi connectivity index (χ2n) is 6.29. The molecule has 0 saturated heterocycles. The third-order valence-electron chi connectivity index (χ3n) is 4.27. The summed E-state index contributed by atoms with van der Waals surface area (Å²) in [5.41, 5.74) is 3.12. The molecular formula is C21H18N4O3. The molecule has 0 aliphatic rings. The smallest absolute Gasteiger partial charge is 0.338 e. The molecule has 0 aliphatic carbocycles. The summed E-state index contributed by atoms with van der Waals surface area (Å²) >= 11 is 0. The minimum Gasteiger partial charge on any atom is -0.449 e. The Hall–Kier alpha value is -3.74. The maximum absolute atomic E-state index is 12.4. The molecule has 0 N–H and O–H groups in total. The van der Waals surface area contributed by atoms with Crippen molar-refractivity contribution < 1.29 is 13.9 Å². The first-order valence-corrected chi connectivity index (χ1v) is 8.82. The largest absolute Gasteiger partial charge is 0.449 e. The van der Waals surface area contributed by atoms with Crippen molar-refractivity contribution in [1.82, 2.24) is 20.0 Å². The van der Waals surface area contributed by atoms with Crippen molar-refractivity contribution in [3.8, 4) is 17.1 Å². The van der Waals surface area contributed by atoms with E-state index in [9.17, 15) is 4.79 Å². The highest BCUT2D eigenvalue weighted by Gasteiger charge is 2.20. The van der Waals surface area contributed by atoms with E-state index in [2.05, 4.69) is 15.3 Å². The van der Waals surface area contributed by atoms with Crippen molar-refractivity contribution in [3.05, 3.63) is 84.0 Å². The SMILES string of the molecule is Cc1ccnn1-c1ccc(C(=O)OC(C)c2nnc(-c3ccccc3)o2)cc1. The Morgan fingerprint density at radius 1 is 1.04 bits per heavy atom. The van der Waals surface area contributed by atoms with E-state index in [4.69, 9.17) is 9.15 Å². The predicted octanol–water partition coefficient (Wildman–Crippen LogP) is 4.15. The molecule has 7 nitrogen and oxygen atoms in total. The van der Waals surface area contributed by atoms with E-state index in [-0.39, 0.29) is 5.89 Å². The van der Waals surface area contributed by atoms with Crippen LogP contribution in [0.4, 0.5) is 0 Å². The lowest BCUT2D eigenvalue weighted by molar-refractivity contribution is 0.0280. The van der Waals surface area contributed by atoms with Crippen LogP contribution in [-0.4, -0.2) is 25.9 Å². The number of nitrogens with zero attached hydrogens (tertiary/aromatic N) is 4. The summed E-state index contributed by atoms with van der Waals surface area (Å²) in [4.78, 5) is 12.4. The lowest BCUT2D eigenvalue weighted by Crippen LogP contribution is -2.10. The van der Waals surface area contributed by atoms with Crippen LogP contribution in [0.15, 0.2) is 71.3 Å². The molecule has 1 unspecified atom stereocenters. The molecule has 2 aromatic heterocycles. The Morgan fingerprint density at radius 3 is 2.46 bits per heavy atom. The van der Waals surface area contributed by atoms with Gasteiger partial charge in [0.1, 0.15) is 0 Å². The van der Waals surface area contributed by atoms with Gasteiger partial charge in [-0.25, -0.2) is 9.48 Å². The Labute approximate surface area is 161 Å². The number of aryl methyl sites for hydroxylation is 1. The zero-order valence-electron chi connectivity index (χ0n) is 15.4. The Kier molecular flexibility index (Phi) is 4.72. The fourth-order valence-electron chi connectivity index (χ4n) is 2.75. The molecule has 7 heteroatoms.